The molecule has 0 spiro atoms. The zero-order valence-electron chi connectivity index (χ0n) is 21.4. The van der Waals surface area contributed by atoms with Crippen molar-refractivity contribution in [1.82, 2.24) is 4.90 Å². The molecule has 1 unspecified atom stereocenters. The van der Waals surface area contributed by atoms with Gasteiger partial charge in [0.2, 0.25) is 5.91 Å². The number of nitrogens with zero attached hydrogens (tertiary/aromatic N) is 1. The van der Waals surface area contributed by atoms with Crippen LogP contribution >= 0.6 is 23.2 Å². The summed E-state index contributed by atoms with van der Waals surface area (Å²) in [6.07, 6.45) is -9.73. The number of amides is 2. The molecule has 4 atom stereocenters. The highest BCUT2D eigenvalue weighted by atomic mass is 35.5. The first-order valence-electron chi connectivity index (χ1n) is 12.0. The second-order valence-electron chi connectivity index (χ2n) is 10.4. The molecule has 3 rings (SSSR count). The molecule has 7 nitrogen and oxygen atoms in total. The van der Waals surface area contributed by atoms with E-state index in [1.54, 1.807) is 18.2 Å². The summed E-state index contributed by atoms with van der Waals surface area (Å²) in [6, 6.07) is 9.27. The molecule has 39 heavy (non-hydrogen) atoms. The fraction of sp³-hybridized carbons (Fsp3) is 0.462. The summed E-state index contributed by atoms with van der Waals surface area (Å²) in [7, 11) is -4.15. The Morgan fingerprint density at radius 1 is 1.05 bits per heavy atom. The van der Waals surface area contributed by atoms with Gasteiger partial charge in [0, 0.05) is 10.0 Å². The highest BCUT2D eigenvalue weighted by Crippen LogP contribution is 2.46. The molecule has 0 bridgehead atoms. The van der Waals surface area contributed by atoms with E-state index >= 15 is 0 Å². The molecule has 1 saturated heterocycles. The number of primary amides is 1. The Balaban J connectivity index is 2.29. The van der Waals surface area contributed by atoms with Crippen LogP contribution in [0.4, 0.5) is 13.2 Å². The summed E-state index contributed by atoms with van der Waals surface area (Å²) in [4.78, 5) is 26.5. The second kappa shape index (κ2) is 11.6. The first-order valence-corrected chi connectivity index (χ1v) is 14.4. The van der Waals surface area contributed by atoms with Crippen molar-refractivity contribution in [1.29, 1.82) is 0 Å². The molecule has 1 fully saturated rings. The molecule has 13 heteroatoms. The van der Waals surface area contributed by atoms with Crippen molar-refractivity contribution in [3.63, 3.8) is 0 Å². The van der Waals surface area contributed by atoms with Gasteiger partial charge in [0.15, 0.2) is 9.84 Å². The molecule has 0 aliphatic carbocycles. The molecule has 2 aromatic rings. The Hall–Kier alpha value is -2.34. The summed E-state index contributed by atoms with van der Waals surface area (Å²) in [6.45, 7) is 4.11. The van der Waals surface area contributed by atoms with Gasteiger partial charge in [-0.05, 0) is 56.2 Å². The van der Waals surface area contributed by atoms with E-state index in [-0.39, 0.29) is 0 Å². The Labute approximate surface area is 235 Å². The van der Waals surface area contributed by atoms with Gasteiger partial charge in [-0.3, -0.25) is 9.59 Å². The minimum absolute atomic E-state index is 0.294. The van der Waals surface area contributed by atoms with Gasteiger partial charge in [0.25, 0.3) is 5.91 Å². The number of morpholine rings is 1. The van der Waals surface area contributed by atoms with Gasteiger partial charge < -0.3 is 15.4 Å². The van der Waals surface area contributed by atoms with Gasteiger partial charge in [0.05, 0.1) is 35.4 Å². The van der Waals surface area contributed by atoms with Crippen LogP contribution in [-0.4, -0.2) is 54.0 Å². The molecule has 1 aliphatic rings. The number of ether oxygens (including phenoxy) is 1. The summed E-state index contributed by atoms with van der Waals surface area (Å²) >= 11 is 12.2. The maximum Gasteiger partial charge on any atom is 0.391 e. The van der Waals surface area contributed by atoms with E-state index in [2.05, 4.69) is 0 Å². The van der Waals surface area contributed by atoms with Crippen molar-refractivity contribution in [2.45, 2.75) is 68.8 Å². The monoisotopic (exact) mass is 608 g/mol. The molecule has 1 aliphatic heterocycles. The van der Waals surface area contributed by atoms with Crippen LogP contribution in [0.15, 0.2) is 48.5 Å². The minimum Gasteiger partial charge on any atom is -0.370 e. The molecule has 2 N–H and O–H groups in total. The average Bonchev–Trinajstić information content (AvgIpc) is 2.78. The van der Waals surface area contributed by atoms with Crippen LogP contribution in [0.5, 0.6) is 0 Å². The number of rotatable bonds is 8. The lowest BCUT2D eigenvalue weighted by Gasteiger charge is -2.48. The van der Waals surface area contributed by atoms with Crippen LogP contribution in [0.25, 0.3) is 0 Å². The zero-order valence-corrected chi connectivity index (χ0v) is 23.7. The average molecular weight is 609 g/mol. The summed E-state index contributed by atoms with van der Waals surface area (Å²) in [5, 5.41) is 0.629. The highest BCUT2D eigenvalue weighted by Gasteiger charge is 2.51. The van der Waals surface area contributed by atoms with Crippen molar-refractivity contribution in [3.05, 3.63) is 69.7 Å². The van der Waals surface area contributed by atoms with Crippen LogP contribution in [0, 0.1) is 0 Å². The number of alkyl halides is 3. The maximum absolute atomic E-state index is 13.9. The molecule has 0 radical (unpaired) electrons. The molecule has 2 amide bonds. The summed E-state index contributed by atoms with van der Waals surface area (Å²) < 4.78 is 72.9. The number of halogens is 5. The third-order valence-electron chi connectivity index (χ3n) is 6.41. The number of hydrogen-bond acceptors (Lipinski definition) is 5. The highest BCUT2D eigenvalue weighted by molar-refractivity contribution is 7.92. The molecule has 2 aromatic carbocycles. The van der Waals surface area contributed by atoms with Crippen molar-refractivity contribution < 1.29 is 35.9 Å². The van der Waals surface area contributed by atoms with Crippen molar-refractivity contribution in [3.8, 4) is 0 Å². The first-order chi connectivity index (χ1) is 17.9. The third kappa shape index (κ3) is 7.65. The summed E-state index contributed by atoms with van der Waals surface area (Å²) in [5.74, 6) is -2.87. The number of benzene rings is 2. The lowest BCUT2D eigenvalue weighted by molar-refractivity contribution is -0.190. The number of hydrogen-bond donors (Lipinski definition) is 1. The molecular weight excluding hydrogens is 580 g/mol. The smallest absolute Gasteiger partial charge is 0.370 e. The fourth-order valence-electron chi connectivity index (χ4n) is 4.43. The molecule has 214 valence electrons. The van der Waals surface area contributed by atoms with E-state index in [0.29, 0.717) is 21.2 Å². The SMILES string of the molecule is CC(C)(C)S(=O)(=O)CC(CC(F)(F)F)N1C(=O)[C@H](CC(N)=O)O[C@H](c2cccc(Cl)c2)[C@H]1c1ccc(Cl)cc1. The van der Waals surface area contributed by atoms with Crippen LogP contribution in [0.2, 0.25) is 10.0 Å². The van der Waals surface area contributed by atoms with E-state index in [4.69, 9.17) is 33.7 Å². The van der Waals surface area contributed by atoms with Gasteiger partial charge >= 0.3 is 6.18 Å². The quantitative estimate of drug-likeness (QED) is 0.431. The second-order valence-corrected chi connectivity index (χ2v) is 14.0. The third-order valence-corrected chi connectivity index (χ3v) is 9.58. The lowest BCUT2D eigenvalue weighted by atomic mass is 9.89. The fourth-order valence-corrected chi connectivity index (χ4v) is 6.04. The Bertz CT molecular complexity index is 1310. The largest absolute Gasteiger partial charge is 0.391 e. The standard InChI is InChI=1S/C26H29Cl2F3N2O5S/c1-25(2,3)39(36,37)14-19(13-26(29,30)31)33-22(15-7-9-17(27)10-8-15)23(16-5-4-6-18(28)11-16)38-20(24(33)35)12-21(32)34/h4-11,19-20,22-23H,12-14H2,1-3H3,(H2,32,34)/t19?,20-,22+,23+/m0/s1. The molecule has 0 aromatic heterocycles. The molecule has 1 heterocycles. The van der Waals surface area contributed by atoms with Crippen LogP contribution in [0.1, 0.15) is 56.9 Å². The van der Waals surface area contributed by atoms with E-state index in [0.717, 1.165) is 4.90 Å². The summed E-state index contributed by atoms with van der Waals surface area (Å²) in [5.41, 5.74) is 6.08. The first kappa shape index (κ1) is 31.2. The lowest BCUT2D eigenvalue weighted by Crippen LogP contribution is -2.58. The van der Waals surface area contributed by atoms with E-state index in [1.807, 2.05) is 0 Å². The molecule has 0 saturated carbocycles. The molecular formula is C26H29Cl2F3N2O5S. The predicted octanol–water partition coefficient (Wildman–Crippen LogP) is 5.41. The van der Waals surface area contributed by atoms with Crippen molar-refractivity contribution >= 4 is 44.9 Å². The number of carbonyl (C=O) groups is 2. The van der Waals surface area contributed by atoms with Crippen molar-refractivity contribution in [2.24, 2.45) is 5.73 Å². The van der Waals surface area contributed by atoms with Crippen LogP contribution in [-0.2, 0) is 24.2 Å². The Kier molecular flexibility index (Phi) is 9.31. The van der Waals surface area contributed by atoms with Crippen LogP contribution < -0.4 is 5.73 Å². The van der Waals surface area contributed by atoms with E-state index < -0.39 is 75.5 Å². The van der Waals surface area contributed by atoms with Gasteiger partial charge in [-0.25, -0.2) is 8.42 Å². The maximum atomic E-state index is 13.9. The predicted molar refractivity (Wildman–Crippen MR) is 142 cm³/mol. The minimum atomic E-state index is -4.83. The van der Waals surface area contributed by atoms with E-state index in [9.17, 15) is 31.2 Å². The topological polar surface area (TPSA) is 107 Å². The Morgan fingerprint density at radius 2 is 1.67 bits per heavy atom. The number of carbonyl (C=O) groups excluding carboxylic acids is 2. The Morgan fingerprint density at radius 3 is 2.18 bits per heavy atom. The van der Waals surface area contributed by atoms with Crippen molar-refractivity contribution in [2.75, 3.05) is 5.75 Å². The van der Waals surface area contributed by atoms with Gasteiger partial charge in [-0.1, -0.05) is 47.5 Å². The number of nitrogens with two attached hydrogens (primary N) is 1. The normalized spacial score (nSPS) is 21.6. The van der Waals surface area contributed by atoms with Gasteiger partial charge in [0.1, 0.15) is 12.2 Å². The van der Waals surface area contributed by atoms with E-state index in [1.165, 1.54) is 51.1 Å². The number of sulfone groups is 1. The van der Waals surface area contributed by atoms with Gasteiger partial charge in [-0.2, -0.15) is 13.2 Å². The zero-order chi connectivity index (χ0) is 29.3. The van der Waals surface area contributed by atoms with Gasteiger partial charge in [-0.15, -0.1) is 0 Å². The van der Waals surface area contributed by atoms with Crippen LogP contribution in [0.3, 0.4) is 0 Å².